The quantitative estimate of drug-likeness (QED) is 0.815. The molecule has 2 bridgehead atoms. The van der Waals surface area contributed by atoms with E-state index in [1.54, 1.807) is 7.11 Å². The van der Waals surface area contributed by atoms with E-state index in [1.165, 1.54) is 6.42 Å². The number of halogens is 1. The molecule has 4 heterocycles. The molecule has 3 atom stereocenters. The Kier molecular flexibility index (Phi) is 3.27. The first-order valence-electron chi connectivity index (χ1n) is 7.43. The van der Waals surface area contributed by atoms with Crippen LogP contribution in [0.2, 0.25) is 0 Å². The zero-order valence-electron chi connectivity index (χ0n) is 12.0. The van der Waals surface area contributed by atoms with Gasteiger partial charge in [-0.15, -0.1) is 11.6 Å². The standard InChI is InChI=1S/C15H18ClN3O2/c1-20-14-5-3-10-15(18-14)19(13(17-10)6-7-16)11-8-9-2-4-12(11)21-9/h3,5,9,11-12H,2,4,6-8H2,1H3. The largest absolute Gasteiger partial charge is 0.481 e. The Hall–Kier alpha value is -1.33. The summed E-state index contributed by atoms with van der Waals surface area (Å²) < 4.78 is 13.5. The van der Waals surface area contributed by atoms with Crippen molar-refractivity contribution in [1.29, 1.82) is 0 Å². The van der Waals surface area contributed by atoms with Crippen LogP contribution in [0.4, 0.5) is 0 Å². The van der Waals surface area contributed by atoms with Crippen molar-refractivity contribution >= 4 is 22.8 Å². The summed E-state index contributed by atoms with van der Waals surface area (Å²) in [6, 6.07) is 4.14. The minimum absolute atomic E-state index is 0.287. The van der Waals surface area contributed by atoms with Crippen LogP contribution in [0.25, 0.3) is 11.2 Å². The number of aromatic nitrogens is 3. The fraction of sp³-hybridized carbons (Fsp3) is 0.600. The number of nitrogens with zero attached hydrogens (tertiary/aromatic N) is 3. The summed E-state index contributed by atoms with van der Waals surface area (Å²) in [5.41, 5.74) is 1.79. The average Bonchev–Trinajstić information content (AvgIpc) is 3.19. The van der Waals surface area contributed by atoms with Crippen molar-refractivity contribution in [3.63, 3.8) is 0 Å². The molecule has 0 spiro atoms. The molecule has 2 aliphatic heterocycles. The highest BCUT2D eigenvalue weighted by atomic mass is 35.5. The Balaban J connectivity index is 1.85. The van der Waals surface area contributed by atoms with Gasteiger partial charge >= 0.3 is 0 Å². The third kappa shape index (κ3) is 2.10. The Morgan fingerprint density at radius 3 is 2.95 bits per heavy atom. The molecule has 21 heavy (non-hydrogen) atoms. The van der Waals surface area contributed by atoms with Gasteiger partial charge in [0.1, 0.15) is 11.3 Å². The predicted octanol–water partition coefficient (Wildman–Crippen LogP) is 2.71. The molecule has 3 unspecified atom stereocenters. The zero-order valence-corrected chi connectivity index (χ0v) is 12.7. The molecule has 0 N–H and O–H groups in total. The number of aryl methyl sites for hydroxylation is 1. The number of rotatable bonds is 4. The molecule has 2 aliphatic rings. The second-order valence-corrected chi connectivity index (χ2v) is 6.09. The summed E-state index contributed by atoms with van der Waals surface area (Å²) >= 11 is 5.95. The van der Waals surface area contributed by atoms with Crippen molar-refractivity contribution in [2.45, 2.75) is 43.9 Å². The van der Waals surface area contributed by atoms with Crippen LogP contribution < -0.4 is 4.74 Å². The van der Waals surface area contributed by atoms with Gasteiger partial charge in [-0.05, 0) is 25.3 Å². The van der Waals surface area contributed by atoms with Crippen LogP contribution in [0.15, 0.2) is 12.1 Å². The van der Waals surface area contributed by atoms with E-state index in [9.17, 15) is 0 Å². The Bertz CT molecular complexity index is 672. The highest BCUT2D eigenvalue weighted by Crippen LogP contribution is 2.43. The molecular formula is C15H18ClN3O2. The third-order valence-corrected chi connectivity index (χ3v) is 4.71. The smallest absolute Gasteiger partial charge is 0.215 e. The molecule has 2 aromatic heterocycles. The van der Waals surface area contributed by atoms with Crippen LogP contribution in [0.3, 0.4) is 0 Å². The number of pyridine rings is 1. The number of methoxy groups -OCH3 is 1. The van der Waals surface area contributed by atoms with Gasteiger partial charge in [0, 0.05) is 18.4 Å². The minimum Gasteiger partial charge on any atom is -0.481 e. The molecule has 4 rings (SSSR count). The molecule has 0 saturated carbocycles. The summed E-state index contributed by atoms with van der Waals surface area (Å²) in [6.45, 7) is 0. The molecule has 0 aromatic carbocycles. The zero-order chi connectivity index (χ0) is 14.4. The monoisotopic (exact) mass is 307 g/mol. The van der Waals surface area contributed by atoms with E-state index < -0.39 is 0 Å². The lowest BCUT2D eigenvalue weighted by atomic mass is 9.95. The number of ether oxygens (including phenoxy) is 2. The van der Waals surface area contributed by atoms with E-state index in [2.05, 4.69) is 9.55 Å². The van der Waals surface area contributed by atoms with E-state index in [0.717, 1.165) is 36.3 Å². The normalized spacial score (nSPS) is 27.6. The van der Waals surface area contributed by atoms with Gasteiger partial charge < -0.3 is 14.0 Å². The fourth-order valence-electron chi connectivity index (χ4n) is 3.61. The van der Waals surface area contributed by atoms with E-state index >= 15 is 0 Å². The van der Waals surface area contributed by atoms with Gasteiger partial charge in [-0.1, -0.05) is 0 Å². The Labute approximate surface area is 128 Å². The predicted molar refractivity (Wildman–Crippen MR) is 80.1 cm³/mol. The van der Waals surface area contributed by atoms with Crippen molar-refractivity contribution in [1.82, 2.24) is 14.5 Å². The van der Waals surface area contributed by atoms with Crippen molar-refractivity contribution in [2.75, 3.05) is 13.0 Å². The number of imidazole rings is 1. The highest BCUT2D eigenvalue weighted by molar-refractivity contribution is 6.17. The van der Waals surface area contributed by atoms with Crippen LogP contribution in [-0.2, 0) is 11.2 Å². The van der Waals surface area contributed by atoms with Gasteiger partial charge in [0.25, 0.3) is 0 Å². The van der Waals surface area contributed by atoms with E-state index in [4.69, 9.17) is 26.1 Å². The number of alkyl halides is 1. The average molecular weight is 308 g/mol. The van der Waals surface area contributed by atoms with Gasteiger partial charge in [0.05, 0.1) is 25.4 Å². The maximum atomic E-state index is 6.01. The molecule has 112 valence electrons. The Morgan fingerprint density at radius 2 is 2.29 bits per heavy atom. The van der Waals surface area contributed by atoms with E-state index in [-0.39, 0.29) is 6.10 Å². The molecule has 0 amide bonds. The SMILES string of the molecule is COc1ccc2nc(CCCl)n(C3CC4CCC3O4)c2n1. The second-order valence-electron chi connectivity index (χ2n) is 5.71. The topological polar surface area (TPSA) is 49.2 Å². The molecular weight excluding hydrogens is 290 g/mol. The van der Waals surface area contributed by atoms with E-state index in [1.807, 2.05) is 12.1 Å². The minimum atomic E-state index is 0.287. The number of hydrogen-bond donors (Lipinski definition) is 0. The molecule has 0 aliphatic carbocycles. The summed E-state index contributed by atoms with van der Waals surface area (Å²) in [4.78, 5) is 9.32. The van der Waals surface area contributed by atoms with Crippen molar-refractivity contribution in [2.24, 2.45) is 0 Å². The van der Waals surface area contributed by atoms with Gasteiger partial charge in [-0.2, -0.15) is 4.98 Å². The lowest BCUT2D eigenvalue weighted by Crippen LogP contribution is -2.23. The van der Waals surface area contributed by atoms with Crippen molar-refractivity contribution < 1.29 is 9.47 Å². The first kappa shape index (κ1) is 13.3. The lowest BCUT2D eigenvalue weighted by Gasteiger charge is -2.22. The third-order valence-electron chi connectivity index (χ3n) is 4.52. The summed E-state index contributed by atoms with van der Waals surface area (Å²) in [7, 11) is 1.63. The van der Waals surface area contributed by atoms with Gasteiger partial charge in [0.15, 0.2) is 5.65 Å². The maximum Gasteiger partial charge on any atom is 0.215 e. The Morgan fingerprint density at radius 1 is 1.38 bits per heavy atom. The maximum absolute atomic E-state index is 6.01. The summed E-state index contributed by atoms with van der Waals surface area (Å²) in [6.07, 6.45) is 4.77. The highest BCUT2D eigenvalue weighted by Gasteiger charge is 2.43. The van der Waals surface area contributed by atoms with E-state index in [0.29, 0.717) is 23.9 Å². The molecule has 5 nitrogen and oxygen atoms in total. The second kappa shape index (κ2) is 5.14. The molecule has 2 saturated heterocycles. The summed E-state index contributed by atoms with van der Waals surface area (Å²) in [5, 5.41) is 0. The van der Waals surface area contributed by atoms with Crippen LogP contribution >= 0.6 is 11.6 Å². The number of fused-ring (bicyclic) bond motifs is 3. The van der Waals surface area contributed by atoms with Gasteiger partial charge in [-0.25, -0.2) is 4.98 Å². The van der Waals surface area contributed by atoms with Crippen molar-refractivity contribution in [3.8, 4) is 5.88 Å². The molecule has 2 aromatic rings. The molecule has 6 heteroatoms. The van der Waals surface area contributed by atoms with Gasteiger partial charge in [0.2, 0.25) is 5.88 Å². The molecule has 2 fully saturated rings. The fourth-order valence-corrected chi connectivity index (χ4v) is 3.78. The number of hydrogen-bond acceptors (Lipinski definition) is 4. The first-order valence-corrected chi connectivity index (χ1v) is 7.97. The summed E-state index contributed by atoms with van der Waals surface area (Å²) in [5.74, 6) is 2.18. The van der Waals surface area contributed by atoms with Crippen LogP contribution in [0.5, 0.6) is 5.88 Å². The van der Waals surface area contributed by atoms with Crippen molar-refractivity contribution in [3.05, 3.63) is 18.0 Å². The van der Waals surface area contributed by atoms with Crippen LogP contribution in [-0.4, -0.2) is 39.7 Å². The first-order chi connectivity index (χ1) is 10.3. The molecule has 0 radical (unpaired) electrons. The van der Waals surface area contributed by atoms with Crippen LogP contribution in [0.1, 0.15) is 31.1 Å². The lowest BCUT2D eigenvalue weighted by molar-refractivity contribution is 0.0939. The van der Waals surface area contributed by atoms with Gasteiger partial charge in [-0.3, -0.25) is 0 Å². The van der Waals surface area contributed by atoms with Crippen LogP contribution in [0, 0.1) is 0 Å².